The smallest absolute Gasteiger partial charge is 0.433 e. The quantitative estimate of drug-likeness (QED) is 0.281. The minimum Gasteiger partial charge on any atom is -0.495 e. The van der Waals surface area contributed by atoms with E-state index in [0.717, 1.165) is 55.2 Å². The summed E-state index contributed by atoms with van der Waals surface area (Å²) in [6, 6.07) is 11.5. The van der Waals surface area contributed by atoms with Crippen LogP contribution in [-0.4, -0.2) is 111 Å². The second kappa shape index (κ2) is 16.3. The highest BCUT2D eigenvalue weighted by molar-refractivity contribution is 6.07. The monoisotopic (exact) mass is 778 g/mol. The summed E-state index contributed by atoms with van der Waals surface area (Å²) >= 11 is 0. The second-order valence-corrected chi connectivity index (χ2v) is 14.1. The van der Waals surface area contributed by atoms with Crippen molar-refractivity contribution in [1.82, 2.24) is 24.7 Å². The molecule has 0 spiro atoms. The van der Waals surface area contributed by atoms with Crippen molar-refractivity contribution in [2.45, 2.75) is 50.4 Å². The summed E-state index contributed by atoms with van der Waals surface area (Å²) in [5.74, 6) is -0.414. The highest BCUT2D eigenvalue weighted by Crippen LogP contribution is 2.32. The van der Waals surface area contributed by atoms with Gasteiger partial charge in [-0.3, -0.25) is 24.6 Å². The number of fused-ring (bicyclic) bond motifs is 1. The van der Waals surface area contributed by atoms with Crippen molar-refractivity contribution in [2.24, 2.45) is 0 Å². The number of methoxy groups -OCH3 is 2. The van der Waals surface area contributed by atoms with Crippen LogP contribution in [0.3, 0.4) is 0 Å². The van der Waals surface area contributed by atoms with Gasteiger partial charge in [-0.2, -0.15) is 17.7 Å². The number of pyridine rings is 1. The Labute approximate surface area is 320 Å². The fourth-order valence-corrected chi connectivity index (χ4v) is 7.55. The van der Waals surface area contributed by atoms with E-state index in [0.29, 0.717) is 61.0 Å². The van der Waals surface area contributed by atoms with Gasteiger partial charge in [-0.25, -0.2) is 9.78 Å². The minimum absolute atomic E-state index is 0.0516. The van der Waals surface area contributed by atoms with Gasteiger partial charge in [0.15, 0.2) is 12.2 Å². The molecule has 296 valence electrons. The van der Waals surface area contributed by atoms with Crippen molar-refractivity contribution in [3.8, 4) is 11.5 Å². The van der Waals surface area contributed by atoms with E-state index in [2.05, 4.69) is 25.1 Å². The van der Waals surface area contributed by atoms with Gasteiger partial charge >= 0.3 is 12.2 Å². The molecule has 4 aliphatic heterocycles. The zero-order valence-corrected chi connectivity index (χ0v) is 31.1. The van der Waals surface area contributed by atoms with Crippen molar-refractivity contribution in [3.63, 3.8) is 0 Å². The van der Waals surface area contributed by atoms with Crippen molar-refractivity contribution < 1.29 is 46.6 Å². The molecule has 5 amide bonds. The van der Waals surface area contributed by atoms with Gasteiger partial charge in [0.25, 0.3) is 11.8 Å². The van der Waals surface area contributed by atoms with Gasteiger partial charge in [0.2, 0.25) is 11.3 Å². The topological polar surface area (TPSA) is 146 Å². The van der Waals surface area contributed by atoms with Crippen LogP contribution in [0.15, 0.2) is 48.5 Å². The number of nitrogens with one attached hydrogen (secondary N) is 2. The standard InChI is InChI=1S/C39H42F3N7O7/c1-54-32-7-6-24(21-31(32)48-17-12-35(50)45-38(48)53)37(52)47-15-10-27(11-16-47)56-19-18-46-13-8-26(9-14-46)49-23-25-20-29(33(55-2)22-30(25)49)44-36(51)28-4-3-5-34(43-28)39(40,41)42/h3-7,20-23,26-27H,8-19H2,1-2H3,(H-,44,45,50,51,53)/p+1. The Kier molecular flexibility index (Phi) is 11.3. The van der Waals surface area contributed by atoms with Crippen molar-refractivity contribution in [1.29, 1.82) is 0 Å². The number of aromatic nitrogens is 1. The molecule has 3 saturated heterocycles. The first kappa shape index (κ1) is 38.7. The number of ether oxygens (including phenoxy) is 3. The fourth-order valence-electron chi connectivity index (χ4n) is 7.55. The number of halogens is 3. The average molecular weight is 779 g/mol. The molecule has 56 heavy (non-hydrogen) atoms. The lowest BCUT2D eigenvalue weighted by molar-refractivity contribution is -0.141. The predicted octanol–water partition coefficient (Wildman–Crippen LogP) is 2.84. The van der Waals surface area contributed by atoms with Crippen LogP contribution in [0, 0.1) is 0 Å². The van der Waals surface area contributed by atoms with Gasteiger partial charge in [-0.1, -0.05) is 6.07 Å². The number of likely N-dealkylation sites (tertiary alicyclic amines) is 2. The van der Waals surface area contributed by atoms with Gasteiger partial charge in [-0.05, 0) is 49.2 Å². The molecule has 0 bridgehead atoms. The molecule has 4 aliphatic rings. The zero-order valence-electron chi connectivity index (χ0n) is 31.1. The number of imide groups is 1. The Hall–Kier alpha value is -5.55. The van der Waals surface area contributed by atoms with Crippen LogP contribution in [0.4, 0.5) is 29.3 Å². The van der Waals surface area contributed by atoms with Crippen LogP contribution in [0.25, 0.3) is 6.20 Å². The molecule has 3 aromatic rings. The van der Waals surface area contributed by atoms with Crippen LogP contribution < -0.4 is 40.2 Å². The molecule has 0 saturated carbocycles. The number of carbonyl (C=O) groups excluding carboxylic acids is 4. The lowest BCUT2D eigenvalue weighted by Gasteiger charge is -2.34. The van der Waals surface area contributed by atoms with Crippen LogP contribution in [-0.2, 0) is 15.7 Å². The molecular formula is C39H43F3N7O7+. The molecular weight excluding hydrogens is 735 g/mol. The SMILES string of the molecule is COc1cc2c(cc1NC(=O)c1cccc(C(F)(F)F)n1)=C[N+]=2C1CCN(CCOC2CCN(C(=O)c3ccc(OC)c(N4CCC(=O)NC4=O)c3)CC2)CC1. The van der Waals surface area contributed by atoms with Crippen molar-refractivity contribution >= 4 is 41.3 Å². The lowest BCUT2D eigenvalue weighted by Crippen LogP contribution is -2.54. The summed E-state index contributed by atoms with van der Waals surface area (Å²) in [7, 11) is 2.96. The Morgan fingerprint density at radius 2 is 1.70 bits per heavy atom. The van der Waals surface area contributed by atoms with Gasteiger partial charge in [0, 0.05) is 64.1 Å². The van der Waals surface area contributed by atoms with E-state index in [1.807, 2.05) is 12.3 Å². The number of anilines is 2. The summed E-state index contributed by atoms with van der Waals surface area (Å²) in [6.07, 6.45) is 0.868. The number of benzene rings is 2. The first-order valence-electron chi connectivity index (χ1n) is 18.5. The molecule has 1 aromatic heterocycles. The average Bonchev–Trinajstić information content (AvgIpc) is 3.19. The molecule has 5 heterocycles. The number of rotatable bonds is 11. The fraction of sp³-hybridized carbons (Fsp3) is 0.436. The van der Waals surface area contributed by atoms with Crippen LogP contribution in [0.1, 0.15) is 58.6 Å². The summed E-state index contributed by atoms with van der Waals surface area (Å²) in [5, 5.41) is 6.80. The highest BCUT2D eigenvalue weighted by Gasteiger charge is 2.34. The number of alkyl halides is 3. The molecule has 2 aromatic carbocycles. The third-order valence-corrected chi connectivity index (χ3v) is 10.6. The lowest BCUT2D eigenvalue weighted by atomic mass is 10.0. The molecule has 7 rings (SSSR count). The van der Waals surface area contributed by atoms with Gasteiger partial charge in [-0.15, -0.1) is 0 Å². The normalized spacial score (nSPS) is 18.1. The number of nitrogens with zero attached hydrogens (tertiary/aromatic N) is 5. The highest BCUT2D eigenvalue weighted by atomic mass is 19.4. The Morgan fingerprint density at radius 3 is 2.39 bits per heavy atom. The van der Waals surface area contributed by atoms with Crippen LogP contribution in [0.2, 0.25) is 0 Å². The van der Waals surface area contributed by atoms with E-state index >= 15 is 0 Å². The third-order valence-electron chi connectivity index (χ3n) is 10.6. The van der Waals surface area contributed by atoms with Gasteiger partial charge in [0.1, 0.15) is 28.1 Å². The van der Waals surface area contributed by atoms with E-state index in [1.165, 1.54) is 25.2 Å². The number of urea groups is 1. The van der Waals surface area contributed by atoms with Crippen molar-refractivity contribution in [3.05, 3.63) is 76.1 Å². The number of hydrogen-bond acceptors (Lipinski definition) is 9. The number of carbonyl (C=O) groups is 4. The van der Waals surface area contributed by atoms with E-state index in [9.17, 15) is 32.3 Å². The third kappa shape index (κ3) is 8.33. The maximum absolute atomic E-state index is 13.4. The Bertz CT molecular complexity index is 2150. The minimum atomic E-state index is -4.66. The number of piperidine rings is 2. The van der Waals surface area contributed by atoms with Crippen LogP contribution in [0.5, 0.6) is 11.5 Å². The van der Waals surface area contributed by atoms with E-state index < -0.39 is 23.8 Å². The molecule has 0 unspecified atom stereocenters. The summed E-state index contributed by atoms with van der Waals surface area (Å²) in [6.45, 7) is 4.48. The second-order valence-electron chi connectivity index (χ2n) is 14.1. The molecule has 3 fully saturated rings. The summed E-state index contributed by atoms with van der Waals surface area (Å²) in [4.78, 5) is 59.4. The molecule has 0 atom stereocenters. The maximum atomic E-state index is 13.4. The van der Waals surface area contributed by atoms with Gasteiger partial charge in [0.05, 0.1) is 44.4 Å². The predicted molar refractivity (Wildman–Crippen MR) is 198 cm³/mol. The maximum Gasteiger partial charge on any atom is 0.433 e. The van der Waals surface area contributed by atoms with E-state index in [4.69, 9.17) is 14.2 Å². The van der Waals surface area contributed by atoms with Crippen LogP contribution >= 0.6 is 0 Å². The molecule has 0 aliphatic carbocycles. The Morgan fingerprint density at radius 1 is 0.946 bits per heavy atom. The van der Waals surface area contributed by atoms with E-state index in [1.54, 1.807) is 29.2 Å². The Balaban J connectivity index is 0.862. The first-order chi connectivity index (χ1) is 26.9. The van der Waals surface area contributed by atoms with Gasteiger partial charge < -0.3 is 29.3 Å². The number of amides is 5. The van der Waals surface area contributed by atoms with E-state index in [-0.39, 0.29) is 42.6 Å². The molecule has 14 nitrogen and oxygen atoms in total. The first-order valence-corrected chi connectivity index (χ1v) is 18.5. The largest absolute Gasteiger partial charge is 0.495 e. The molecule has 0 radical (unpaired) electrons. The summed E-state index contributed by atoms with van der Waals surface area (Å²) < 4.78 is 58.7. The number of hydrogen-bond donors (Lipinski definition) is 2. The molecule has 17 heteroatoms. The molecule has 2 N–H and O–H groups in total. The van der Waals surface area contributed by atoms with Crippen molar-refractivity contribution in [2.75, 3.05) is 70.3 Å². The summed E-state index contributed by atoms with van der Waals surface area (Å²) in [5.41, 5.74) is -0.267. The zero-order chi connectivity index (χ0) is 39.6.